The average molecular weight is 256 g/mol. The molecule has 4 heteroatoms. The Kier molecular flexibility index (Phi) is 3.42. The largest absolute Gasteiger partial charge is 0.239 e. The minimum absolute atomic E-state index is 0.296. The molecular weight excluding hydrogens is 248 g/mol. The Labute approximate surface area is 103 Å². The fourth-order valence-electron chi connectivity index (χ4n) is 1.42. The van der Waals surface area contributed by atoms with Crippen LogP contribution in [0.4, 0.5) is 4.39 Å². The molecule has 1 nitrogen and oxygen atoms in total. The van der Waals surface area contributed by atoms with Gasteiger partial charge in [0.15, 0.2) is 0 Å². The van der Waals surface area contributed by atoms with Gasteiger partial charge in [0.25, 0.3) is 0 Å². The highest BCUT2D eigenvalue weighted by atomic mass is 35.5. The van der Waals surface area contributed by atoms with E-state index in [1.807, 2.05) is 0 Å². The Bertz CT molecular complexity index is 514. The lowest BCUT2D eigenvalue weighted by molar-refractivity contribution is 0.628. The summed E-state index contributed by atoms with van der Waals surface area (Å²) in [7, 11) is 0. The summed E-state index contributed by atoms with van der Waals surface area (Å²) in [6.07, 6.45) is 0. The van der Waals surface area contributed by atoms with Crippen LogP contribution in [0.25, 0.3) is 11.1 Å². The standard InChI is InChI=1S/C12H8Cl2FN/c13-7-10-4-5-11(12(14)16-10)8-2-1-3-9(15)6-8/h1-6H,7H2. The Balaban J connectivity index is 2.48. The maximum absolute atomic E-state index is 13.0. The van der Waals surface area contributed by atoms with Crippen LogP contribution < -0.4 is 0 Å². The smallest absolute Gasteiger partial charge is 0.137 e. The third-order valence-corrected chi connectivity index (χ3v) is 2.74. The molecule has 2 aromatic rings. The van der Waals surface area contributed by atoms with Gasteiger partial charge in [0.05, 0.1) is 11.6 Å². The van der Waals surface area contributed by atoms with Gasteiger partial charge in [0.1, 0.15) is 11.0 Å². The molecule has 0 atom stereocenters. The van der Waals surface area contributed by atoms with Crippen LogP contribution in [0.3, 0.4) is 0 Å². The van der Waals surface area contributed by atoms with E-state index >= 15 is 0 Å². The van der Waals surface area contributed by atoms with Crippen molar-refractivity contribution in [3.05, 3.63) is 53.1 Å². The molecule has 0 unspecified atom stereocenters. The summed E-state index contributed by atoms with van der Waals surface area (Å²) in [6.45, 7) is 0. The number of benzene rings is 1. The van der Waals surface area contributed by atoms with E-state index in [1.54, 1.807) is 24.3 Å². The first-order chi connectivity index (χ1) is 7.70. The Morgan fingerprint density at radius 3 is 2.62 bits per heavy atom. The number of hydrogen-bond acceptors (Lipinski definition) is 1. The van der Waals surface area contributed by atoms with E-state index < -0.39 is 0 Å². The topological polar surface area (TPSA) is 12.9 Å². The summed E-state index contributed by atoms with van der Waals surface area (Å²) in [5.41, 5.74) is 2.11. The van der Waals surface area contributed by atoms with Crippen LogP contribution in [0.2, 0.25) is 5.15 Å². The van der Waals surface area contributed by atoms with E-state index in [9.17, 15) is 4.39 Å². The molecule has 0 amide bonds. The van der Waals surface area contributed by atoms with Crippen molar-refractivity contribution < 1.29 is 4.39 Å². The lowest BCUT2D eigenvalue weighted by Gasteiger charge is -2.05. The Hall–Kier alpha value is -1.12. The van der Waals surface area contributed by atoms with Gasteiger partial charge in [-0.3, -0.25) is 0 Å². The second-order valence-electron chi connectivity index (χ2n) is 3.28. The Morgan fingerprint density at radius 2 is 2.00 bits per heavy atom. The van der Waals surface area contributed by atoms with Crippen molar-refractivity contribution in [2.45, 2.75) is 5.88 Å². The zero-order chi connectivity index (χ0) is 11.5. The molecule has 82 valence electrons. The molecule has 2 rings (SSSR count). The van der Waals surface area contributed by atoms with Crippen LogP contribution in [0.1, 0.15) is 5.69 Å². The molecule has 0 bridgehead atoms. The average Bonchev–Trinajstić information content (AvgIpc) is 2.28. The Morgan fingerprint density at radius 1 is 1.19 bits per heavy atom. The molecule has 1 heterocycles. The van der Waals surface area contributed by atoms with E-state index in [1.165, 1.54) is 12.1 Å². The van der Waals surface area contributed by atoms with Gasteiger partial charge in [0.2, 0.25) is 0 Å². The molecule has 0 fully saturated rings. The summed E-state index contributed by atoms with van der Waals surface area (Å²) in [5.74, 6) is 0.0124. The van der Waals surface area contributed by atoms with Gasteiger partial charge in [-0.1, -0.05) is 23.7 Å². The van der Waals surface area contributed by atoms with Crippen molar-refractivity contribution in [1.29, 1.82) is 0 Å². The molecule has 0 aliphatic heterocycles. The third-order valence-electron chi connectivity index (χ3n) is 2.18. The van der Waals surface area contributed by atoms with Gasteiger partial charge in [-0.25, -0.2) is 9.37 Å². The van der Waals surface area contributed by atoms with Crippen molar-refractivity contribution >= 4 is 23.2 Å². The second kappa shape index (κ2) is 4.81. The van der Waals surface area contributed by atoms with Crippen LogP contribution in [0, 0.1) is 5.82 Å². The number of alkyl halides is 1. The lowest BCUT2D eigenvalue weighted by atomic mass is 10.1. The number of nitrogens with zero attached hydrogens (tertiary/aromatic N) is 1. The van der Waals surface area contributed by atoms with Gasteiger partial charge in [-0.2, -0.15) is 0 Å². The SMILES string of the molecule is Fc1cccc(-c2ccc(CCl)nc2Cl)c1. The fourth-order valence-corrected chi connectivity index (χ4v) is 1.85. The van der Waals surface area contributed by atoms with Gasteiger partial charge in [-0.05, 0) is 29.8 Å². The first-order valence-corrected chi connectivity index (χ1v) is 5.59. The normalized spacial score (nSPS) is 10.4. The molecule has 0 aliphatic rings. The van der Waals surface area contributed by atoms with Crippen LogP contribution in [0.5, 0.6) is 0 Å². The van der Waals surface area contributed by atoms with E-state index in [4.69, 9.17) is 23.2 Å². The highest BCUT2D eigenvalue weighted by Crippen LogP contribution is 2.27. The number of aromatic nitrogens is 1. The third kappa shape index (κ3) is 2.34. The van der Waals surface area contributed by atoms with Crippen molar-refractivity contribution in [1.82, 2.24) is 4.98 Å². The van der Waals surface area contributed by atoms with E-state index in [0.29, 0.717) is 27.9 Å². The predicted molar refractivity (Wildman–Crippen MR) is 64.2 cm³/mol. The molecule has 1 aromatic heterocycles. The van der Waals surface area contributed by atoms with Crippen LogP contribution in [0.15, 0.2) is 36.4 Å². The summed E-state index contributed by atoms with van der Waals surface area (Å²) < 4.78 is 13.0. The fraction of sp³-hybridized carbons (Fsp3) is 0.0833. The van der Waals surface area contributed by atoms with Crippen molar-refractivity contribution in [3.63, 3.8) is 0 Å². The van der Waals surface area contributed by atoms with Gasteiger partial charge >= 0.3 is 0 Å². The highest BCUT2D eigenvalue weighted by molar-refractivity contribution is 6.32. The number of rotatable bonds is 2. The molecule has 0 spiro atoms. The molecule has 16 heavy (non-hydrogen) atoms. The van der Waals surface area contributed by atoms with Crippen LogP contribution in [-0.2, 0) is 5.88 Å². The second-order valence-corrected chi connectivity index (χ2v) is 3.91. The highest BCUT2D eigenvalue weighted by Gasteiger charge is 2.06. The first kappa shape index (κ1) is 11.4. The molecule has 0 aliphatic carbocycles. The first-order valence-electron chi connectivity index (χ1n) is 4.68. The van der Waals surface area contributed by atoms with Crippen molar-refractivity contribution in [2.24, 2.45) is 0 Å². The van der Waals surface area contributed by atoms with Gasteiger partial charge in [-0.15, -0.1) is 11.6 Å². The lowest BCUT2D eigenvalue weighted by Crippen LogP contribution is -1.89. The van der Waals surface area contributed by atoms with Gasteiger partial charge < -0.3 is 0 Å². The zero-order valence-corrected chi connectivity index (χ0v) is 9.76. The van der Waals surface area contributed by atoms with E-state index in [2.05, 4.69) is 4.98 Å². The van der Waals surface area contributed by atoms with E-state index in [0.717, 1.165) is 0 Å². The van der Waals surface area contributed by atoms with Gasteiger partial charge in [0, 0.05) is 5.56 Å². The molecule has 0 saturated carbocycles. The predicted octanol–water partition coefficient (Wildman–Crippen LogP) is 4.28. The molecular formula is C12H8Cl2FN. The number of pyridine rings is 1. The monoisotopic (exact) mass is 255 g/mol. The quantitative estimate of drug-likeness (QED) is 0.577. The maximum atomic E-state index is 13.0. The minimum atomic E-state index is -0.296. The van der Waals surface area contributed by atoms with E-state index in [-0.39, 0.29) is 5.82 Å². The molecule has 1 aromatic carbocycles. The van der Waals surface area contributed by atoms with Crippen LogP contribution in [-0.4, -0.2) is 4.98 Å². The molecule has 0 radical (unpaired) electrons. The minimum Gasteiger partial charge on any atom is -0.239 e. The van der Waals surface area contributed by atoms with Crippen molar-refractivity contribution in [2.75, 3.05) is 0 Å². The summed E-state index contributed by atoms with van der Waals surface area (Å²) in [5, 5.41) is 0.337. The summed E-state index contributed by atoms with van der Waals surface area (Å²) >= 11 is 11.6. The van der Waals surface area contributed by atoms with Crippen LogP contribution >= 0.6 is 23.2 Å². The molecule has 0 saturated heterocycles. The zero-order valence-electron chi connectivity index (χ0n) is 8.25. The summed E-state index contributed by atoms with van der Waals surface area (Å²) in [6, 6.07) is 9.80. The molecule has 0 N–H and O–H groups in total. The number of hydrogen-bond donors (Lipinski definition) is 0. The maximum Gasteiger partial charge on any atom is 0.137 e. The summed E-state index contributed by atoms with van der Waals surface area (Å²) in [4.78, 5) is 4.11. The van der Waals surface area contributed by atoms with Crippen molar-refractivity contribution in [3.8, 4) is 11.1 Å². The number of halogens is 3.